The van der Waals surface area contributed by atoms with E-state index in [1.807, 2.05) is 13.8 Å². The molecular formula is C32H54O3. The molecule has 0 spiro atoms. The van der Waals surface area contributed by atoms with Crippen LogP contribution in [0.1, 0.15) is 118 Å². The van der Waals surface area contributed by atoms with Gasteiger partial charge in [-0.3, -0.25) is 0 Å². The second kappa shape index (κ2) is 12.1. The highest BCUT2D eigenvalue weighted by atomic mass is 16.3. The van der Waals surface area contributed by atoms with Gasteiger partial charge in [0.15, 0.2) is 0 Å². The first-order chi connectivity index (χ1) is 16.5. The molecule has 3 saturated carbocycles. The van der Waals surface area contributed by atoms with Gasteiger partial charge in [-0.25, -0.2) is 0 Å². The van der Waals surface area contributed by atoms with Crippen LogP contribution in [0.4, 0.5) is 0 Å². The van der Waals surface area contributed by atoms with E-state index in [0.29, 0.717) is 23.7 Å². The summed E-state index contributed by atoms with van der Waals surface area (Å²) in [4.78, 5) is 0. The molecule has 3 heteroatoms. The van der Waals surface area contributed by atoms with Gasteiger partial charge in [-0.15, -0.1) is 0 Å². The van der Waals surface area contributed by atoms with Crippen LogP contribution in [0, 0.1) is 29.1 Å². The van der Waals surface area contributed by atoms with E-state index in [1.54, 1.807) is 5.57 Å². The van der Waals surface area contributed by atoms with Gasteiger partial charge in [0.1, 0.15) is 0 Å². The van der Waals surface area contributed by atoms with Crippen LogP contribution in [-0.4, -0.2) is 33.1 Å². The molecule has 0 aromatic carbocycles. The van der Waals surface area contributed by atoms with Gasteiger partial charge in [-0.05, 0) is 99.5 Å². The Kier molecular flexibility index (Phi) is 9.91. The van der Waals surface area contributed by atoms with Gasteiger partial charge in [0, 0.05) is 5.92 Å². The van der Waals surface area contributed by atoms with Crippen LogP contribution in [0.5, 0.6) is 0 Å². The van der Waals surface area contributed by atoms with E-state index in [2.05, 4.69) is 39.5 Å². The maximum absolute atomic E-state index is 10.9. The maximum Gasteiger partial charge on any atom is 0.0839 e. The van der Waals surface area contributed by atoms with Crippen molar-refractivity contribution in [3.05, 3.63) is 35.5 Å². The van der Waals surface area contributed by atoms with Crippen LogP contribution < -0.4 is 0 Å². The lowest BCUT2D eigenvalue weighted by Crippen LogP contribution is -2.38. The highest BCUT2D eigenvalue weighted by Crippen LogP contribution is 2.60. The molecule has 0 aliphatic heterocycles. The molecule has 0 saturated heterocycles. The lowest BCUT2D eigenvalue weighted by molar-refractivity contribution is 0.0129. The van der Waals surface area contributed by atoms with Crippen molar-refractivity contribution >= 4 is 0 Å². The number of allylic oxidation sites excluding steroid dienone is 3. The smallest absolute Gasteiger partial charge is 0.0839 e. The Morgan fingerprint density at radius 2 is 1.89 bits per heavy atom. The zero-order chi connectivity index (χ0) is 25.8. The molecule has 0 radical (unpaired) electrons. The van der Waals surface area contributed by atoms with Gasteiger partial charge in [-0.2, -0.15) is 0 Å². The molecule has 0 aromatic heterocycles. The van der Waals surface area contributed by atoms with Crippen molar-refractivity contribution in [3.63, 3.8) is 0 Å². The minimum absolute atomic E-state index is 0.0784. The highest BCUT2D eigenvalue weighted by Gasteiger charge is 2.50. The number of aliphatic hydroxyl groups excluding tert-OH is 2. The monoisotopic (exact) mass is 486 g/mol. The highest BCUT2D eigenvalue weighted by molar-refractivity contribution is 5.39. The third-order valence-corrected chi connectivity index (χ3v) is 9.91. The zero-order valence-electron chi connectivity index (χ0n) is 23.4. The molecule has 0 heterocycles. The Morgan fingerprint density at radius 3 is 2.57 bits per heavy atom. The van der Waals surface area contributed by atoms with Crippen LogP contribution >= 0.6 is 0 Å². The second-order valence-electron chi connectivity index (χ2n) is 13.1. The van der Waals surface area contributed by atoms with E-state index >= 15 is 0 Å². The Morgan fingerprint density at radius 1 is 1.14 bits per heavy atom. The van der Waals surface area contributed by atoms with Gasteiger partial charge in [0.2, 0.25) is 0 Å². The van der Waals surface area contributed by atoms with Crippen molar-refractivity contribution in [3.8, 4) is 0 Å². The summed E-state index contributed by atoms with van der Waals surface area (Å²) in [5, 5.41) is 31.8. The van der Waals surface area contributed by atoms with Crippen LogP contribution in [0.3, 0.4) is 0 Å². The average molecular weight is 487 g/mol. The molecular weight excluding hydrogens is 432 g/mol. The van der Waals surface area contributed by atoms with Gasteiger partial charge in [0.25, 0.3) is 0 Å². The molecule has 35 heavy (non-hydrogen) atoms. The Labute approximate surface area is 215 Å². The summed E-state index contributed by atoms with van der Waals surface area (Å²) in [5.41, 5.74) is 3.22. The average Bonchev–Trinajstić information content (AvgIpc) is 3.14. The van der Waals surface area contributed by atoms with Gasteiger partial charge in [-0.1, -0.05) is 77.2 Å². The molecule has 0 unspecified atom stereocenters. The van der Waals surface area contributed by atoms with Gasteiger partial charge in [0.05, 0.1) is 17.8 Å². The van der Waals surface area contributed by atoms with E-state index in [-0.39, 0.29) is 5.92 Å². The first-order valence-electron chi connectivity index (χ1n) is 14.6. The van der Waals surface area contributed by atoms with E-state index in [1.165, 1.54) is 38.5 Å². The van der Waals surface area contributed by atoms with Crippen molar-refractivity contribution in [2.75, 3.05) is 0 Å². The molecule has 0 aromatic rings. The van der Waals surface area contributed by atoms with Crippen molar-refractivity contribution in [2.24, 2.45) is 29.1 Å². The summed E-state index contributed by atoms with van der Waals surface area (Å²) in [7, 11) is 0. The quantitative estimate of drug-likeness (QED) is 0.280. The number of aliphatic hydroxyl groups is 3. The lowest BCUT2D eigenvalue weighted by Gasteiger charge is -2.44. The predicted molar refractivity (Wildman–Crippen MR) is 147 cm³/mol. The third-order valence-electron chi connectivity index (χ3n) is 9.91. The Balaban J connectivity index is 1.67. The zero-order valence-corrected chi connectivity index (χ0v) is 23.4. The molecule has 0 amide bonds. The van der Waals surface area contributed by atoms with Gasteiger partial charge < -0.3 is 15.3 Å². The van der Waals surface area contributed by atoms with Gasteiger partial charge >= 0.3 is 0 Å². The van der Waals surface area contributed by atoms with Crippen molar-refractivity contribution in [2.45, 2.75) is 136 Å². The topological polar surface area (TPSA) is 60.7 Å². The van der Waals surface area contributed by atoms with Crippen LogP contribution in [0.25, 0.3) is 0 Å². The Hall–Kier alpha value is -0.900. The summed E-state index contributed by atoms with van der Waals surface area (Å²) in [6.07, 6.45) is 17.8. The summed E-state index contributed by atoms with van der Waals surface area (Å²) in [6.45, 7) is 15.2. The standard InChI is InChI=1S/C32H54O3/c1-7-8-9-14-26-29(33)21-25(23(3)30(26)34)16-15-24-13-11-20-32(6)27(17-18-28(24)32)22(2)12-10-19-31(4,5)35/h15-16,22,26-30,33-35H,3,7-14,17-21H2,1-2,4-6H3/b24-15+,25-16-/t22-,26-,27-,28+,29-,30-,32-/m1/s1. The van der Waals surface area contributed by atoms with E-state index in [0.717, 1.165) is 55.6 Å². The summed E-state index contributed by atoms with van der Waals surface area (Å²) in [5.74, 6) is 2.01. The predicted octanol–water partition coefficient (Wildman–Crippen LogP) is 7.51. The number of unbranched alkanes of at least 4 members (excludes halogenated alkanes) is 2. The fourth-order valence-corrected chi connectivity index (χ4v) is 7.80. The fourth-order valence-electron chi connectivity index (χ4n) is 7.80. The molecule has 3 nitrogen and oxygen atoms in total. The first kappa shape index (κ1) is 28.7. The van der Waals surface area contributed by atoms with Crippen LogP contribution in [-0.2, 0) is 0 Å². The minimum atomic E-state index is -0.627. The summed E-state index contributed by atoms with van der Waals surface area (Å²) < 4.78 is 0. The molecule has 3 fully saturated rings. The fraction of sp³-hybridized carbons (Fsp3) is 0.812. The minimum Gasteiger partial charge on any atom is -0.392 e. The molecule has 3 N–H and O–H groups in total. The molecule has 3 rings (SSSR count). The normalized spacial score (nSPS) is 37.1. The maximum atomic E-state index is 10.9. The number of hydrogen-bond donors (Lipinski definition) is 3. The number of fused-ring (bicyclic) bond motifs is 1. The summed E-state index contributed by atoms with van der Waals surface area (Å²) in [6, 6.07) is 0. The van der Waals surface area contributed by atoms with Crippen molar-refractivity contribution in [1.29, 1.82) is 0 Å². The van der Waals surface area contributed by atoms with Crippen molar-refractivity contribution in [1.82, 2.24) is 0 Å². The molecule has 3 aliphatic carbocycles. The van der Waals surface area contributed by atoms with Crippen LogP contribution in [0.2, 0.25) is 0 Å². The SMILES string of the molecule is C=C1/C(=C\C=C2/CCC[C@]3(C)[C@@H]([C@H](C)CCCC(C)(C)O)CC[C@@H]23)C[C@@H](O)[C@@H](CCCCC)[C@@H]1O. The molecule has 0 bridgehead atoms. The largest absolute Gasteiger partial charge is 0.392 e. The molecule has 7 atom stereocenters. The third kappa shape index (κ3) is 6.90. The number of rotatable bonds is 10. The lowest BCUT2D eigenvalue weighted by atomic mass is 9.60. The molecule has 3 aliphatic rings. The number of hydrogen-bond acceptors (Lipinski definition) is 3. The van der Waals surface area contributed by atoms with E-state index in [4.69, 9.17) is 0 Å². The van der Waals surface area contributed by atoms with E-state index < -0.39 is 17.8 Å². The van der Waals surface area contributed by atoms with E-state index in [9.17, 15) is 15.3 Å². The van der Waals surface area contributed by atoms with Crippen molar-refractivity contribution < 1.29 is 15.3 Å². The molecule has 200 valence electrons. The second-order valence-corrected chi connectivity index (χ2v) is 13.1. The first-order valence-corrected chi connectivity index (χ1v) is 14.6. The Bertz CT molecular complexity index is 772. The van der Waals surface area contributed by atoms with Crippen LogP contribution in [0.15, 0.2) is 35.5 Å². The summed E-state index contributed by atoms with van der Waals surface area (Å²) >= 11 is 0.